The Morgan fingerprint density at radius 2 is 1.79 bits per heavy atom. The fraction of sp³-hybridized carbons (Fsp3) is 0.526. The van der Waals surface area contributed by atoms with Crippen LogP contribution in [0, 0.1) is 11.6 Å². The first kappa shape index (κ1) is 20.2. The van der Waals surface area contributed by atoms with Crippen molar-refractivity contribution in [3.05, 3.63) is 35.4 Å². The summed E-state index contributed by atoms with van der Waals surface area (Å²) in [6, 6.07) is 3.06. The number of hydrogen-bond donors (Lipinski definition) is 2. The zero-order chi connectivity index (χ0) is 20.1. The van der Waals surface area contributed by atoms with Crippen LogP contribution < -0.4 is 10.6 Å². The van der Waals surface area contributed by atoms with Crippen LogP contribution in [-0.4, -0.2) is 72.8 Å². The number of benzene rings is 1. The molecule has 0 atom stereocenters. The summed E-state index contributed by atoms with van der Waals surface area (Å²) < 4.78 is 26.5. The molecule has 0 bridgehead atoms. The second-order valence-electron chi connectivity index (χ2n) is 7.13. The molecule has 1 saturated carbocycles. The Kier molecular flexibility index (Phi) is 6.56. The predicted octanol–water partition coefficient (Wildman–Crippen LogP) is 0.508. The number of piperazine rings is 1. The van der Waals surface area contributed by atoms with E-state index in [-0.39, 0.29) is 30.3 Å². The second-order valence-corrected chi connectivity index (χ2v) is 7.13. The summed E-state index contributed by atoms with van der Waals surface area (Å²) in [4.78, 5) is 39.7. The van der Waals surface area contributed by atoms with E-state index in [2.05, 4.69) is 10.6 Å². The Morgan fingerprint density at radius 1 is 1.07 bits per heavy atom. The molecule has 152 valence electrons. The largest absolute Gasteiger partial charge is 0.352 e. The quantitative estimate of drug-likeness (QED) is 0.706. The average molecular weight is 394 g/mol. The molecule has 0 unspecified atom stereocenters. The molecule has 1 aliphatic heterocycles. The van der Waals surface area contributed by atoms with Crippen molar-refractivity contribution in [2.24, 2.45) is 0 Å². The first-order chi connectivity index (χ1) is 13.4. The Hall–Kier alpha value is -2.55. The number of halogens is 2. The van der Waals surface area contributed by atoms with E-state index in [1.54, 1.807) is 4.90 Å². The van der Waals surface area contributed by atoms with Crippen molar-refractivity contribution >= 4 is 17.7 Å². The minimum Gasteiger partial charge on any atom is -0.352 e. The van der Waals surface area contributed by atoms with E-state index in [1.165, 1.54) is 0 Å². The third-order valence-electron chi connectivity index (χ3n) is 4.83. The second kappa shape index (κ2) is 9.09. The molecule has 2 aliphatic rings. The zero-order valence-corrected chi connectivity index (χ0v) is 15.5. The minimum absolute atomic E-state index is 0.0259. The predicted molar refractivity (Wildman–Crippen MR) is 97.5 cm³/mol. The van der Waals surface area contributed by atoms with Gasteiger partial charge in [-0.05, 0) is 25.0 Å². The van der Waals surface area contributed by atoms with Crippen molar-refractivity contribution in [1.29, 1.82) is 0 Å². The smallest absolute Gasteiger partial charge is 0.254 e. The van der Waals surface area contributed by atoms with Crippen LogP contribution in [0.5, 0.6) is 0 Å². The Balaban J connectivity index is 1.35. The molecule has 3 rings (SSSR count). The maximum absolute atomic E-state index is 13.6. The van der Waals surface area contributed by atoms with Gasteiger partial charge >= 0.3 is 0 Å². The van der Waals surface area contributed by atoms with E-state index < -0.39 is 17.5 Å². The number of nitrogens with zero attached hydrogens (tertiary/aromatic N) is 2. The summed E-state index contributed by atoms with van der Waals surface area (Å²) >= 11 is 0. The monoisotopic (exact) mass is 394 g/mol. The summed E-state index contributed by atoms with van der Waals surface area (Å²) in [5, 5.41) is 5.42. The van der Waals surface area contributed by atoms with Gasteiger partial charge < -0.3 is 15.5 Å². The summed E-state index contributed by atoms with van der Waals surface area (Å²) in [6.07, 6.45) is 2.20. The van der Waals surface area contributed by atoms with Crippen molar-refractivity contribution in [2.75, 3.05) is 39.3 Å². The van der Waals surface area contributed by atoms with Gasteiger partial charge in [0.25, 0.3) is 5.91 Å². The maximum atomic E-state index is 13.6. The summed E-state index contributed by atoms with van der Waals surface area (Å²) in [6.45, 7) is 2.70. The molecule has 3 amide bonds. The van der Waals surface area contributed by atoms with Crippen LogP contribution in [0.3, 0.4) is 0 Å². The summed E-state index contributed by atoms with van der Waals surface area (Å²) in [5.74, 6) is -2.46. The molecule has 0 spiro atoms. The van der Waals surface area contributed by atoms with Crippen LogP contribution in [-0.2, 0) is 9.59 Å². The highest BCUT2D eigenvalue weighted by molar-refractivity contribution is 5.94. The fourth-order valence-electron chi connectivity index (χ4n) is 3.07. The van der Waals surface area contributed by atoms with Gasteiger partial charge in [-0.3, -0.25) is 19.3 Å². The number of nitrogens with one attached hydrogen (secondary N) is 2. The Labute approximate surface area is 162 Å². The van der Waals surface area contributed by atoms with Gasteiger partial charge in [0.1, 0.15) is 11.6 Å². The molecule has 0 aromatic heterocycles. The van der Waals surface area contributed by atoms with Crippen molar-refractivity contribution in [2.45, 2.75) is 25.3 Å². The number of carbonyl (C=O) groups excluding carboxylic acids is 3. The van der Waals surface area contributed by atoms with Crippen molar-refractivity contribution in [3.63, 3.8) is 0 Å². The van der Waals surface area contributed by atoms with Gasteiger partial charge in [-0.1, -0.05) is 0 Å². The molecular formula is C19H24F2N4O3. The molecule has 0 radical (unpaired) electrons. The molecule has 1 aliphatic carbocycles. The summed E-state index contributed by atoms with van der Waals surface area (Å²) in [5.41, 5.74) is -0.257. The van der Waals surface area contributed by atoms with Crippen LogP contribution in [0.15, 0.2) is 18.2 Å². The van der Waals surface area contributed by atoms with Crippen molar-refractivity contribution in [3.8, 4) is 0 Å². The lowest BCUT2D eigenvalue weighted by atomic mass is 10.2. The first-order valence-corrected chi connectivity index (χ1v) is 9.45. The maximum Gasteiger partial charge on any atom is 0.254 e. The number of rotatable bonds is 7. The van der Waals surface area contributed by atoms with Crippen LogP contribution >= 0.6 is 0 Å². The van der Waals surface area contributed by atoms with Crippen molar-refractivity contribution in [1.82, 2.24) is 20.4 Å². The molecule has 1 aromatic carbocycles. The van der Waals surface area contributed by atoms with Gasteiger partial charge in [0, 0.05) is 51.3 Å². The third-order valence-corrected chi connectivity index (χ3v) is 4.83. The van der Waals surface area contributed by atoms with Gasteiger partial charge in [-0.25, -0.2) is 8.78 Å². The molecule has 1 saturated heterocycles. The van der Waals surface area contributed by atoms with Gasteiger partial charge in [-0.2, -0.15) is 0 Å². The lowest BCUT2D eigenvalue weighted by Gasteiger charge is -2.34. The van der Waals surface area contributed by atoms with Crippen molar-refractivity contribution < 1.29 is 23.2 Å². The van der Waals surface area contributed by atoms with Gasteiger partial charge in [-0.15, -0.1) is 0 Å². The van der Waals surface area contributed by atoms with E-state index >= 15 is 0 Å². The lowest BCUT2D eigenvalue weighted by Crippen LogP contribution is -2.51. The average Bonchev–Trinajstić information content (AvgIpc) is 3.45. The number of carbonyl (C=O) groups is 3. The number of amides is 3. The highest BCUT2D eigenvalue weighted by atomic mass is 19.1. The van der Waals surface area contributed by atoms with E-state index in [9.17, 15) is 23.2 Å². The van der Waals surface area contributed by atoms with Crippen LogP contribution in [0.25, 0.3) is 0 Å². The molecule has 28 heavy (non-hydrogen) atoms. The first-order valence-electron chi connectivity index (χ1n) is 9.45. The van der Waals surface area contributed by atoms with Crippen LogP contribution in [0.2, 0.25) is 0 Å². The third kappa shape index (κ3) is 5.72. The van der Waals surface area contributed by atoms with E-state index in [4.69, 9.17) is 0 Å². The van der Waals surface area contributed by atoms with Crippen LogP contribution in [0.1, 0.15) is 29.6 Å². The molecule has 2 fully saturated rings. The fourth-order valence-corrected chi connectivity index (χ4v) is 3.07. The van der Waals surface area contributed by atoms with Gasteiger partial charge in [0.05, 0.1) is 12.1 Å². The van der Waals surface area contributed by atoms with Gasteiger partial charge in [0.2, 0.25) is 11.8 Å². The highest BCUT2D eigenvalue weighted by Gasteiger charge is 2.26. The Bertz CT molecular complexity index is 747. The molecule has 1 heterocycles. The summed E-state index contributed by atoms with van der Waals surface area (Å²) in [7, 11) is 0. The normalized spacial score (nSPS) is 17.3. The molecular weight excluding hydrogens is 370 g/mol. The molecule has 7 nitrogen and oxygen atoms in total. The van der Waals surface area contributed by atoms with E-state index in [0.29, 0.717) is 44.8 Å². The SMILES string of the molecule is O=C(CN1CCN(C(=O)CCNC(=O)c2ccc(F)cc2F)CC1)NC1CC1. The Morgan fingerprint density at radius 3 is 2.43 bits per heavy atom. The zero-order valence-electron chi connectivity index (χ0n) is 15.5. The standard InChI is InChI=1S/C19H24F2N4O3/c20-13-1-4-15(16(21)11-13)19(28)22-6-5-18(27)25-9-7-24(8-10-25)12-17(26)23-14-2-3-14/h1,4,11,14H,2-3,5-10,12H2,(H,22,28)(H,23,26). The number of hydrogen-bond acceptors (Lipinski definition) is 4. The van der Waals surface area contributed by atoms with Crippen LogP contribution in [0.4, 0.5) is 8.78 Å². The molecule has 9 heteroatoms. The lowest BCUT2D eigenvalue weighted by molar-refractivity contribution is -0.133. The van der Waals surface area contributed by atoms with E-state index in [1.807, 2.05) is 4.90 Å². The minimum atomic E-state index is -0.939. The topological polar surface area (TPSA) is 81.8 Å². The highest BCUT2D eigenvalue weighted by Crippen LogP contribution is 2.18. The van der Waals surface area contributed by atoms with Gasteiger partial charge in [0.15, 0.2) is 0 Å². The molecule has 2 N–H and O–H groups in total. The van der Waals surface area contributed by atoms with E-state index in [0.717, 1.165) is 25.0 Å². The molecule has 1 aromatic rings.